The summed E-state index contributed by atoms with van der Waals surface area (Å²) in [6.07, 6.45) is 3.69. The average molecular weight is 254 g/mol. The van der Waals surface area contributed by atoms with E-state index in [1.54, 1.807) is 0 Å². The highest BCUT2D eigenvalue weighted by Crippen LogP contribution is 2.09. The van der Waals surface area contributed by atoms with Crippen molar-refractivity contribution in [2.75, 3.05) is 19.6 Å². The molecular weight excluding hydrogens is 232 g/mol. The molecule has 2 heterocycles. The number of likely N-dealkylation sites (tertiary alicyclic amines) is 1. The first-order valence-electron chi connectivity index (χ1n) is 6.53. The summed E-state index contributed by atoms with van der Waals surface area (Å²) in [5.41, 5.74) is 0. The Morgan fingerprint density at radius 2 is 2.06 bits per heavy atom. The van der Waals surface area contributed by atoms with Gasteiger partial charge >= 0.3 is 0 Å². The van der Waals surface area contributed by atoms with Crippen LogP contribution in [-0.4, -0.2) is 39.3 Å². The summed E-state index contributed by atoms with van der Waals surface area (Å²) in [6, 6.07) is 0. The number of nitrogens with zero attached hydrogens (tertiary/aromatic N) is 3. The van der Waals surface area contributed by atoms with Crippen LogP contribution in [0, 0.1) is 10.7 Å². The largest absolute Gasteiger partial charge is 0.304 e. The normalized spacial score (nSPS) is 17.1. The second-order valence-corrected chi connectivity index (χ2v) is 5.63. The minimum Gasteiger partial charge on any atom is -0.304 e. The monoisotopic (exact) mass is 254 g/mol. The number of nitrogens with one attached hydrogen (secondary N) is 1. The first-order chi connectivity index (χ1) is 8.16. The highest BCUT2D eigenvalue weighted by Gasteiger charge is 2.13. The average Bonchev–Trinajstić information content (AvgIpc) is 2.88. The molecule has 1 aliphatic heterocycles. The molecule has 1 saturated heterocycles. The lowest BCUT2D eigenvalue weighted by molar-refractivity contribution is 0.337. The van der Waals surface area contributed by atoms with E-state index >= 15 is 0 Å². The van der Waals surface area contributed by atoms with Crippen molar-refractivity contribution in [3.8, 4) is 0 Å². The Bertz CT molecular complexity index is 401. The molecule has 17 heavy (non-hydrogen) atoms. The van der Waals surface area contributed by atoms with Crippen LogP contribution in [0.4, 0.5) is 0 Å². The van der Waals surface area contributed by atoms with Crippen LogP contribution >= 0.6 is 12.2 Å². The number of hydrogen-bond donors (Lipinski definition) is 1. The molecule has 96 valence electrons. The fourth-order valence-corrected chi connectivity index (χ4v) is 2.58. The van der Waals surface area contributed by atoms with Gasteiger partial charge in [-0.05, 0) is 44.1 Å². The number of aromatic amines is 1. The smallest absolute Gasteiger partial charge is 0.195 e. The van der Waals surface area contributed by atoms with Gasteiger partial charge in [-0.3, -0.25) is 5.10 Å². The third kappa shape index (κ3) is 3.39. The van der Waals surface area contributed by atoms with E-state index in [0.29, 0.717) is 5.92 Å². The molecule has 5 heteroatoms. The van der Waals surface area contributed by atoms with Gasteiger partial charge in [-0.2, -0.15) is 5.10 Å². The second-order valence-electron chi connectivity index (χ2n) is 5.25. The lowest BCUT2D eigenvalue weighted by Gasteiger charge is -2.15. The summed E-state index contributed by atoms with van der Waals surface area (Å²) in [5.74, 6) is 1.71. The van der Waals surface area contributed by atoms with E-state index < -0.39 is 0 Å². The van der Waals surface area contributed by atoms with Crippen molar-refractivity contribution in [1.82, 2.24) is 19.7 Å². The van der Waals surface area contributed by atoms with Gasteiger partial charge in [0.2, 0.25) is 0 Å². The Morgan fingerprint density at radius 3 is 2.71 bits per heavy atom. The van der Waals surface area contributed by atoms with Crippen molar-refractivity contribution in [2.45, 2.75) is 39.7 Å². The third-order valence-corrected chi connectivity index (χ3v) is 3.55. The zero-order valence-corrected chi connectivity index (χ0v) is 11.6. The molecule has 4 nitrogen and oxygen atoms in total. The van der Waals surface area contributed by atoms with E-state index in [1.165, 1.54) is 25.9 Å². The second kappa shape index (κ2) is 5.78. The van der Waals surface area contributed by atoms with Crippen LogP contribution in [0.3, 0.4) is 0 Å². The summed E-state index contributed by atoms with van der Waals surface area (Å²) in [7, 11) is 0. The minimum absolute atomic E-state index is 0.602. The third-order valence-electron chi connectivity index (χ3n) is 3.24. The van der Waals surface area contributed by atoms with Gasteiger partial charge in [-0.15, -0.1) is 0 Å². The summed E-state index contributed by atoms with van der Waals surface area (Å²) in [5, 5.41) is 7.26. The summed E-state index contributed by atoms with van der Waals surface area (Å²) >= 11 is 5.27. The molecule has 1 aromatic heterocycles. The zero-order chi connectivity index (χ0) is 12.3. The van der Waals surface area contributed by atoms with Gasteiger partial charge in [-0.25, -0.2) is 0 Å². The molecule has 0 bridgehead atoms. The Balaban J connectivity index is 1.97. The molecule has 1 fully saturated rings. The maximum Gasteiger partial charge on any atom is 0.195 e. The van der Waals surface area contributed by atoms with Gasteiger partial charge in [0.05, 0.1) is 0 Å². The van der Waals surface area contributed by atoms with Crippen LogP contribution < -0.4 is 0 Å². The van der Waals surface area contributed by atoms with E-state index in [4.69, 9.17) is 12.2 Å². The van der Waals surface area contributed by atoms with Crippen molar-refractivity contribution in [2.24, 2.45) is 5.92 Å². The molecular formula is C12H22N4S. The van der Waals surface area contributed by atoms with Crippen LogP contribution in [-0.2, 0) is 13.0 Å². The highest BCUT2D eigenvalue weighted by atomic mass is 32.1. The molecule has 0 aliphatic carbocycles. The molecule has 0 amide bonds. The van der Waals surface area contributed by atoms with Crippen LogP contribution in [0.25, 0.3) is 0 Å². The first-order valence-corrected chi connectivity index (χ1v) is 6.94. The predicted octanol–water partition coefficient (Wildman–Crippen LogP) is 2.23. The van der Waals surface area contributed by atoms with Crippen molar-refractivity contribution in [3.05, 3.63) is 10.6 Å². The number of H-pyrrole nitrogens is 1. The zero-order valence-electron chi connectivity index (χ0n) is 10.8. The summed E-state index contributed by atoms with van der Waals surface area (Å²) < 4.78 is 2.91. The van der Waals surface area contributed by atoms with Crippen LogP contribution in [0.1, 0.15) is 32.5 Å². The maximum absolute atomic E-state index is 5.27. The van der Waals surface area contributed by atoms with E-state index in [-0.39, 0.29) is 0 Å². The standard InChI is InChI=1S/C12H22N4S/c1-10(2)9-16-11(13-14-12(16)17)5-8-15-6-3-4-7-15/h10H,3-9H2,1-2H3,(H,14,17). The van der Waals surface area contributed by atoms with Gasteiger partial charge in [0.15, 0.2) is 4.77 Å². The van der Waals surface area contributed by atoms with Crippen LogP contribution in [0.5, 0.6) is 0 Å². The van der Waals surface area contributed by atoms with E-state index in [9.17, 15) is 0 Å². The Labute approximate surface area is 108 Å². The quantitative estimate of drug-likeness (QED) is 0.819. The van der Waals surface area contributed by atoms with Crippen molar-refractivity contribution in [1.29, 1.82) is 0 Å². The van der Waals surface area contributed by atoms with E-state index in [2.05, 4.69) is 33.5 Å². The van der Waals surface area contributed by atoms with Crippen molar-refractivity contribution in [3.63, 3.8) is 0 Å². The molecule has 0 radical (unpaired) electrons. The molecule has 1 aromatic rings. The predicted molar refractivity (Wildman–Crippen MR) is 71.6 cm³/mol. The van der Waals surface area contributed by atoms with E-state index in [0.717, 1.165) is 30.1 Å². The molecule has 0 atom stereocenters. The first kappa shape index (κ1) is 12.8. The summed E-state index contributed by atoms with van der Waals surface area (Å²) in [4.78, 5) is 2.51. The topological polar surface area (TPSA) is 36.9 Å². The molecule has 0 spiro atoms. The minimum atomic E-state index is 0.602. The lowest BCUT2D eigenvalue weighted by atomic mass is 10.2. The number of aromatic nitrogens is 3. The molecule has 1 aliphatic rings. The fourth-order valence-electron chi connectivity index (χ4n) is 2.36. The highest BCUT2D eigenvalue weighted by molar-refractivity contribution is 7.71. The van der Waals surface area contributed by atoms with Gasteiger partial charge in [0.1, 0.15) is 5.82 Å². The Morgan fingerprint density at radius 1 is 1.35 bits per heavy atom. The van der Waals surface area contributed by atoms with Crippen molar-refractivity contribution < 1.29 is 0 Å². The molecule has 2 rings (SSSR count). The maximum atomic E-state index is 5.27. The molecule has 0 saturated carbocycles. The van der Waals surface area contributed by atoms with Gasteiger partial charge in [0, 0.05) is 19.5 Å². The fraction of sp³-hybridized carbons (Fsp3) is 0.833. The van der Waals surface area contributed by atoms with Crippen LogP contribution in [0.2, 0.25) is 0 Å². The number of hydrogen-bond acceptors (Lipinski definition) is 3. The molecule has 0 aromatic carbocycles. The van der Waals surface area contributed by atoms with E-state index in [1.807, 2.05) is 0 Å². The number of rotatable bonds is 5. The van der Waals surface area contributed by atoms with Gasteiger partial charge < -0.3 is 9.47 Å². The SMILES string of the molecule is CC(C)Cn1c(CCN2CCCC2)n[nH]c1=S. The van der Waals surface area contributed by atoms with Crippen LogP contribution in [0.15, 0.2) is 0 Å². The Hall–Kier alpha value is -0.680. The van der Waals surface area contributed by atoms with Crippen molar-refractivity contribution >= 4 is 12.2 Å². The van der Waals surface area contributed by atoms with Gasteiger partial charge in [0.25, 0.3) is 0 Å². The molecule has 0 unspecified atom stereocenters. The Kier molecular flexibility index (Phi) is 4.34. The van der Waals surface area contributed by atoms with Gasteiger partial charge in [-0.1, -0.05) is 13.8 Å². The lowest BCUT2D eigenvalue weighted by Crippen LogP contribution is -2.23. The summed E-state index contributed by atoms with van der Waals surface area (Å²) in [6.45, 7) is 8.98. The molecule has 1 N–H and O–H groups in total.